The van der Waals surface area contributed by atoms with Crippen LogP contribution in [0.5, 0.6) is 5.75 Å². The molecule has 0 atom stereocenters. The van der Waals surface area contributed by atoms with Crippen LogP contribution in [-0.2, 0) is 4.74 Å². The summed E-state index contributed by atoms with van der Waals surface area (Å²) < 4.78 is 10.7. The molecule has 2 aromatic carbocycles. The van der Waals surface area contributed by atoms with E-state index in [2.05, 4.69) is 30.3 Å². The van der Waals surface area contributed by atoms with Gasteiger partial charge in [-0.25, -0.2) is 0 Å². The van der Waals surface area contributed by atoms with Crippen molar-refractivity contribution in [1.29, 1.82) is 0 Å². The maximum atomic E-state index is 5.79. The molecular formula is C17H18O2S. The molecular weight excluding hydrogens is 268 g/mol. The fourth-order valence-electron chi connectivity index (χ4n) is 1.74. The summed E-state index contributed by atoms with van der Waals surface area (Å²) >= 11 is 1.72. The lowest BCUT2D eigenvalue weighted by atomic mass is 10.2. The molecule has 2 rings (SSSR count). The molecule has 0 aliphatic rings. The van der Waals surface area contributed by atoms with E-state index in [-0.39, 0.29) is 0 Å². The van der Waals surface area contributed by atoms with Crippen molar-refractivity contribution < 1.29 is 9.47 Å². The second-order valence-corrected chi connectivity index (χ2v) is 5.56. The predicted molar refractivity (Wildman–Crippen MR) is 83.1 cm³/mol. The molecule has 0 amide bonds. The molecule has 0 fully saturated rings. The summed E-state index contributed by atoms with van der Waals surface area (Å²) in [4.78, 5) is 2.37. The number of hydrogen-bond donors (Lipinski definition) is 0. The van der Waals surface area contributed by atoms with Gasteiger partial charge in [-0.05, 0) is 43.7 Å². The molecule has 0 aliphatic carbocycles. The highest BCUT2D eigenvalue weighted by molar-refractivity contribution is 7.99. The summed E-state index contributed by atoms with van der Waals surface area (Å²) in [7, 11) is 1.61. The summed E-state index contributed by atoms with van der Waals surface area (Å²) in [6.45, 7) is 3.91. The Morgan fingerprint density at radius 2 is 1.80 bits per heavy atom. The standard InChI is InChI=1S/C17H18O2S/c1-13-9-10-16(20-15-7-5-4-6-8-15)11-17(13)19-14(2)12-18-3/h4-12H,1-3H3/b14-12+. The average Bonchev–Trinajstić information content (AvgIpc) is 2.44. The highest BCUT2D eigenvalue weighted by Gasteiger charge is 2.04. The van der Waals surface area contributed by atoms with Crippen LogP contribution in [0.4, 0.5) is 0 Å². The zero-order valence-electron chi connectivity index (χ0n) is 11.9. The SMILES string of the molecule is CO/C=C(\C)Oc1cc(Sc2ccccc2)ccc1C. The van der Waals surface area contributed by atoms with Crippen molar-refractivity contribution in [3.05, 3.63) is 66.1 Å². The third-order valence-corrected chi connectivity index (χ3v) is 3.69. The van der Waals surface area contributed by atoms with Gasteiger partial charge in [0, 0.05) is 9.79 Å². The quantitative estimate of drug-likeness (QED) is 0.718. The molecule has 20 heavy (non-hydrogen) atoms. The third-order valence-electron chi connectivity index (χ3n) is 2.69. The lowest BCUT2D eigenvalue weighted by molar-refractivity contribution is 0.303. The minimum atomic E-state index is 0.734. The summed E-state index contributed by atoms with van der Waals surface area (Å²) in [5.41, 5.74) is 1.10. The van der Waals surface area contributed by atoms with Crippen LogP contribution in [0.2, 0.25) is 0 Å². The Balaban J connectivity index is 2.18. The number of allylic oxidation sites excluding steroid dienone is 1. The Labute approximate surface area is 124 Å². The number of hydrogen-bond acceptors (Lipinski definition) is 3. The first kappa shape index (κ1) is 14.5. The fourth-order valence-corrected chi connectivity index (χ4v) is 2.61. The van der Waals surface area contributed by atoms with Crippen molar-refractivity contribution >= 4 is 11.8 Å². The molecule has 3 heteroatoms. The van der Waals surface area contributed by atoms with Gasteiger partial charge >= 0.3 is 0 Å². The van der Waals surface area contributed by atoms with Crippen LogP contribution in [0.15, 0.2) is 70.3 Å². The molecule has 0 N–H and O–H groups in total. The van der Waals surface area contributed by atoms with E-state index in [4.69, 9.17) is 9.47 Å². The molecule has 0 unspecified atom stereocenters. The monoisotopic (exact) mass is 286 g/mol. The fraction of sp³-hybridized carbons (Fsp3) is 0.176. The number of methoxy groups -OCH3 is 1. The van der Waals surface area contributed by atoms with Gasteiger partial charge in [0.15, 0.2) is 0 Å². The third kappa shape index (κ3) is 4.07. The second-order valence-electron chi connectivity index (χ2n) is 4.41. The van der Waals surface area contributed by atoms with Crippen LogP contribution in [0.3, 0.4) is 0 Å². The lowest BCUT2D eigenvalue weighted by Crippen LogP contribution is -1.94. The van der Waals surface area contributed by atoms with Gasteiger partial charge in [-0.2, -0.15) is 0 Å². The first-order chi connectivity index (χ1) is 9.69. The van der Waals surface area contributed by atoms with Gasteiger partial charge in [0.2, 0.25) is 0 Å². The normalized spacial score (nSPS) is 11.2. The minimum absolute atomic E-state index is 0.734. The van der Waals surface area contributed by atoms with Gasteiger partial charge < -0.3 is 9.47 Å². The van der Waals surface area contributed by atoms with Crippen molar-refractivity contribution in [2.45, 2.75) is 23.6 Å². The van der Waals surface area contributed by atoms with Crippen LogP contribution in [0, 0.1) is 6.92 Å². The van der Waals surface area contributed by atoms with Crippen molar-refractivity contribution in [3.63, 3.8) is 0 Å². The van der Waals surface area contributed by atoms with E-state index in [9.17, 15) is 0 Å². The van der Waals surface area contributed by atoms with Gasteiger partial charge in [0.05, 0.1) is 7.11 Å². The van der Waals surface area contributed by atoms with Crippen molar-refractivity contribution in [3.8, 4) is 5.75 Å². The van der Waals surface area contributed by atoms with Gasteiger partial charge in [-0.15, -0.1) is 0 Å². The maximum Gasteiger partial charge on any atom is 0.135 e. The Hall–Kier alpha value is -1.87. The highest BCUT2D eigenvalue weighted by Crippen LogP contribution is 2.32. The highest BCUT2D eigenvalue weighted by atomic mass is 32.2. The van der Waals surface area contributed by atoms with E-state index >= 15 is 0 Å². The Morgan fingerprint density at radius 3 is 2.50 bits per heavy atom. The van der Waals surface area contributed by atoms with Gasteiger partial charge in [-0.3, -0.25) is 0 Å². The number of ether oxygens (including phenoxy) is 2. The van der Waals surface area contributed by atoms with E-state index < -0.39 is 0 Å². The van der Waals surface area contributed by atoms with Crippen LogP contribution in [-0.4, -0.2) is 7.11 Å². The van der Waals surface area contributed by atoms with Gasteiger partial charge in [-0.1, -0.05) is 36.0 Å². The molecule has 2 nitrogen and oxygen atoms in total. The molecule has 104 valence electrons. The number of aryl methyl sites for hydroxylation is 1. The molecule has 0 saturated heterocycles. The van der Waals surface area contributed by atoms with E-state index in [0.717, 1.165) is 22.0 Å². The predicted octanol–water partition coefficient (Wildman–Crippen LogP) is 5.03. The van der Waals surface area contributed by atoms with E-state index in [1.165, 1.54) is 4.90 Å². The second kappa shape index (κ2) is 7.06. The van der Waals surface area contributed by atoms with Gasteiger partial charge in [0.25, 0.3) is 0 Å². The average molecular weight is 286 g/mol. The summed E-state index contributed by atoms with van der Waals surface area (Å²) in [6, 6.07) is 16.5. The summed E-state index contributed by atoms with van der Waals surface area (Å²) in [6.07, 6.45) is 1.59. The smallest absolute Gasteiger partial charge is 0.135 e. The van der Waals surface area contributed by atoms with Crippen molar-refractivity contribution in [2.24, 2.45) is 0 Å². The molecule has 0 aromatic heterocycles. The number of benzene rings is 2. The van der Waals surface area contributed by atoms with Gasteiger partial charge in [0.1, 0.15) is 17.8 Å². The van der Waals surface area contributed by atoms with Crippen LogP contribution in [0.25, 0.3) is 0 Å². The minimum Gasteiger partial charge on any atom is -0.501 e. The zero-order chi connectivity index (χ0) is 14.4. The molecule has 0 bridgehead atoms. The molecule has 0 saturated carbocycles. The Kier molecular flexibility index (Phi) is 5.13. The first-order valence-electron chi connectivity index (χ1n) is 6.40. The molecule has 0 aliphatic heterocycles. The molecule has 0 radical (unpaired) electrons. The van der Waals surface area contributed by atoms with E-state index in [0.29, 0.717) is 0 Å². The molecule has 0 heterocycles. The van der Waals surface area contributed by atoms with Crippen LogP contribution >= 0.6 is 11.8 Å². The Morgan fingerprint density at radius 1 is 1.05 bits per heavy atom. The van der Waals surface area contributed by atoms with Crippen molar-refractivity contribution in [1.82, 2.24) is 0 Å². The van der Waals surface area contributed by atoms with Crippen molar-refractivity contribution in [2.75, 3.05) is 7.11 Å². The zero-order valence-corrected chi connectivity index (χ0v) is 12.7. The summed E-state index contributed by atoms with van der Waals surface area (Å²) in [5, 5.41) is 0. The number of rotatable bonds is 5. The van der Waals surface area contributed by atoms with E-state index in [1.807, 2.05) is 32.0 Å². The van der Waals surface area contributed by atoms with E-state index in [1.54, 1.807) is 25.1 Å². The molecule has 0 spiro atoms. The maximum absolute atomic E-state index is 5.79. The Bertz CT molecular complexity index is 591. The largest absolute Gasteiger partial charge is 0.501 e. The first-order valence-corrected chi connectivity index (χ1v) is 7.21. The van der Waals surface area contributed by atoms with Crippen LogP contribution in [0.1, 0.15) is 12.5 Å². The van der Waals surface area contributed by atoms with Crippen LogP contribution < -0.4 is 4.74 Å². The summed E-state index contributed by atoms with van der Waals surface area (Å²) in [5.74, 6) is 1.59. The lowest BCUT2D eigenvalue weighted by Gasteiger charge is -2.10. The molecule has 2 aromatic rings. The topological polar surface area (TPSA) is 18.5 Å².